The van der Waals surface area contributed by atoms with Crippen LogP contribution in [0.15, 0.2) is 106 Å². The van der Waals surface area contributed by atoms with Crippen molar-refractivity contribution in [3.63, 3.8) is 0 Å². The fourth-order valence-corrected chi connectivity index (χ4v) is 6.11. The summed E-state index contributed by atoms with van der Waals surface area (Å²) < 4.78 is 13.2. The van der Waals surface area contributed by atoms with Crippen LogP contribution >= 0.6 is 11.8 Å². The molecule has 8 nitrogen and oxygen atoms in total. The van der Waals surface area contributed by atoms with Gasteiger partial charge >= 0.3 is 0 Å². The summed E-state index contributed by atoms with van der Waals surface area (Å²) in [4.78, 5) is 22.3. The maximum atomic E-state index is 13.1. The summed E-state index contributed by atoms with van der Waals surface area (Å²) in [5, 5.41) is 8.91. The normalized spacial score (nSPS) is 16.2. The molecule has 0 amide bonds. The molecule has 0 saturated carbocycles. The number of thioether (sulfide) groups is 1. The van der Waals surface area contributed by atoms with Crippen molar-refractivity contribution in [2.24, 2.45) is 0 Å². The van der Waals surface area contributed by atoms with Gasteiger partial charge in [-0.25, -0.2) is 9.67 Å². The van der Waals surface area contributed by atoms with Crippen LogP contribution in [0, 0.1) is 0 Å². The maximum absolute atomic E-state index is 13.1. The van der Waals surface area contributed by atoms with Crippen molar-refractivity contribution in [2.45, 2.75) is 36.2 Å². The van der Waals surface area contributed by atoms with E-state index in [2.05, 4.69) is 22.4 Å². The lowest BCUT2D eigenvalue weighted by molar-refractivity contribution is -0.116. The van der Waals surface area contributed by atoms with Crippen molar-refractivity contribution in [1.29, 1.82) is 0 Å². The first kappa shape index (κ1) is 25.3. The van der Waals surface area contributed by atoms with Crippen LogP contribution in [0.4, 0.5) is 5.95 Å². The number of ketones is 1. The quantitative estimate of drug-likeness (QED) is 0.214. The lowest BCUT2D eigenvalue weighted by Crippen LogP contribution is -2.31. The van der Waals surface area contributed by atoms with E-state index in [4.69, 9.17) is 19.2 Å². The Balaban J connectivity index is 1.09. The molecule has 0 saturated heterocycles. The zero-order chi connectivity index (χ0) is 27.8. The molecule has 3 heterocycles. The van der Waals surface area contributed by atoms with Crippen LogP contribution in [-0.4, -0.2) is 32.6 Å². The molecular formula is C32H27N5O3S. The highest BCUT2D eigenvalue weighted by Crippen LogP contribution is 2.41. The first-order valence-electron chi connectivity index (χ1n) is 13.5. The molecule has 2 aliphatic rings. The maximum Gasteiger partial charge on any atom is 0.227 e. The number of nitrogens with one attached hydrogen (secondary N) is 1. The van der Waals surface area contributed by atoms with Crippen LogP contribution in [0.5, 0.6) is 5.75 Å². The van der Waals surface area contributed by atoms with E-state index in [0.717, 1.165) is 57.9 Å². The summed E-state index contributed by atoms with van der Waals surface area (Å²) in [6.45, 7) is 0. The lowest BCUT2D eigenvalue weighted by Gasteiger charge is -2.32. The van der Waals surface area contributed by atoms with Crippen LogP contribution < -0.4 is 10.1 Å². The van der Waals surface area contributed by atoms with Gasteiger partial charge in [0, 0.05) is 34.6 Å². The van der Waals surface area contributed by atoms with Crippen molar-refractivity contribution >= 4 is 23.5 Å². The molecule has 204 valence electrons. The summed E-state index contributed by atoms with van der Waals surface area (Å²) >= 11 is 1.56. The minimum Gasteiger partial charge on any atom is -0.497 e. The highest BCUT2D eigenvalue weighted by Gasteiger charge is 2.36. The monoisotopic (exact) mass is 561 g/mol. The molecule has 0 fully saturated rings. The Kier molecular flexibility index (Phi) is 6.64. The van der Waals surface area contributed by atoms with E-state index in [1.807, 2.05) is 71.4 Å². The van der Waals surface area contributed by atoms with Crippen LogP contribution in [-0.2, 0) is 10.5 Å². The Labute approximate surface area is 241 Å². The molecule has 1 atom stereocenters. The first-order valence-corrected chi connectivity index (χ1v) is 14.5. The molecule has 0 radical (unpaired) electrons. The Morgan fingerprint density at radius 2 is 1.80 bits per heavy atom. The molecule has 41 heavy (non-hydrogen) atoms. The van der Waals surface area contributed by atoms with Crippen LogP contribution in [0.25, 0.3) is 22.8 Å². The van der Waals surface area contributed by atoms with E-state index in [1.165, 1.54) is 0 Å². The molecule has 7 rings (SSSR count). The van der Waals surface area contributed by atoms with Gasteiger partial charge in [0.1, 0.15) is 11.8 Å². The van der Waals surface area contributed by atoms with E-state index >= 15 is 0 Å². The van der Waals surface area contributed by atoms with Gasteiger partial charge in [0.2, 0.25) is 17.0 Å². The summed E-state index contributed by atoms with van der Waals surface area (Å²) in [7, 11) is 1.65. The number of benzene rings is 3. The number of fused-ring (bicyclic) bond motifs is 1. The first-order chi connectivity index (χ1) is 20.2. The van der Waals surface area contributed by atoms with Crippen LogP contribution in [0.2, 0.25) is 0 Å². The number of anilines is 1. The van der Waals surface area contributed by atoms with Crippen LogP contribution in [0.3, 0.4) is 0 Å². The minimum atomic E-state index is -0.317. The summed E-state index contributed by atoms with van der Waals surface area (Å²) in [5.41, 5.74) is 5.77. The SMILES string of the molecule is COc1ccc(C2C3=C(CCCC3=O)Nc3nc(SCc4ccc(-c5ncc(-c6ccccc6)o5)cc4)nn32)cc1. The molecular weight excluding hydrogens is 534 g/mol. The third kappa shape index (κ3) is 4.93. The van der Waals surface area contributed by atoms with Crippen molar-refractivity contribution in [3.8, 4) is 28.5 Å². The molecule has 9 heteroatoms. The Morgan fingerprint density at radius 1 is 1.00 bits per heavy atom. The third-order valence-corrected chi connectivity index (χ3v) is 8.32. The van der Waals surface area contributed by atoms with Gasteiger partial charge in [0.15, 0.2) is 11.5 Å². The average Bonchev–Trinajstić information content (AvgIpc) is 3.68. The molecule has 1 N–H and O–H groups in total. The van der Waals surface area contributed by atoms with Gasteiger partial charge in [0.05, 0.1) is 13.3 Å². The number of allylic oxidation sites excluding steroid dienone is 2. The van der Waals surface area contributed by atoms with E-state index in [0.29, 0.717) is 29.2 Å². The van der Waals surface area contributed by atoms with Crippen molar-refractivity contribution < 1.29 is 13.9 Å². The molecule has 3 aromatic carbocycles. The number of rotatable bonds is 7. The topological polar surface area (TPSA) is 95.1 Å². The molecule has 1 aliphatic heterocycles. The predicted octanol–water partition coefficient (Wildman–Crippen LogP) is 6.92. The number of carbonyl (C=O) groups is 1. The molecule has 2 aromatic heterocycles. The highest BCUT2D eigenvalue weighted by atomic mass is 32.2. The van der Waals surface area contributed by atoms with E-state index in [1.54, 1.807) is 25.1 Å². The number of ether oxygens (including phenoxy) is 1. The summed E-state index contributed by atoms with van der Waals surface area (Å²) in [6.07, 6.45) is 3.98. The van der Waals surface area contributed by atoms with Crippen molar-refractivity contribution in [1.82, 2.24) is 19.7 Å². The van der Waals surface area contributed by atoms with E-state index in [9.17, 15) is 4.79 Å². The number of hydrogen-bond donors (Lipinski definition) is 1. The zero-order valence-corrected chi connectivity index (χ0v) is 23.2. The molecule has 0 spiro atoms. The van der Waals surface area contributed by atoms with Crippen molar-refractivity contribution in [3.05, 3.63) is 107 Å². The molecule has 1 aliphatic carbocycles. The third-order valence-electron chi connectivity index (χ3n) is 7.41. The smallest absolute Gasteiger partial charge is 0.227 e. The fourth-order valence-electron chi connectivity index (χ4n) is 5.33. The zero-order valence-electron chi connectivity index (χ0n) is 22.4. The van der Waals surface area contributed by atoms with E-state index < -0.39 is 0 Å². The van der Waals surface area contributed by atoms with Gasteiger partial charge in [-0.15, -0.1) is 5.10 Å². The number of aromatic nitrogens is 4. The number of hydrogen-bond acceptors (Lipinski definition) is 8. The number of oxazole rings is 1. The minimum absolute atomic E-state index is 0.164. The van der Waals surface area contributed by atoms with Gasteiger partial charge in [-0.2, -0.15) is 4.98 Å². The van der Waals surface area contributed by atoms with Gasteiger partial charge in [-0.05, 0) is 48.2 Å². The van der Waals surface area contributed by atoms with E-state index in [-0.39, 0.29) is 11.8 Å². The summed E-state index contributed by atoms with van der Waals surface area (Å²) in [5.74, 6) is 3.63. The Bertz CT molecular complexity index is 1740. The number of carbonyl (C=O) groups excluding carboxylic acids is 1. The van der Waals surface area contributed by atoms with Gasteiger partial charge in [-0.3, -0.25) is 4.79 Å². The molecule has 1 unspecified atom stereocenters. The largest absolute Gasteiger partial charge is 0.497 e. The Hall–Kier alpha value is -4.63. The standard InChI is InChI=1S/C32H27N5O3S/c1-39-24-16-14-22(15-17-24)29-28-25(8-5-9-26(28)38)34-31-35-32(36-37(29)31)41-19-20-10-12-23(13-11-20)30-33-18-27(40-30)21-6-3-2-4-7-21/h2-4,6-7,10-18,29H,5,8-9,19H2,1H3,(H,34,35,36). The summed E-state index contributed by atoms with van der Waals surface area (Å²) in [6, 6.07) is 25.6. The van der Waals surface area contributed by atoms with Crippen molar-refractivity contribution in [2.75, 3.05) is 12.4 Å². The second-order valence-corrected chi connectivity index (χ2v) is 11.0. The second kappa shape index (κ2) is 10.7. The number of methoxy groups -OCH3 is 1. The second-order valence-electron chi connectivity index (χ2n) is 10.0. The number of Topliss-reactive ketones (excluding diaryl/α,β-unsaturated/α-hetero) is 1. The van der Waals surface area contributed by atoms with Gasteiger partial charge in [0.25, 0.3) is 0 Å². The fraction of sp³-hybridized carbons (Fsp3) is 0.188. The van der Waals surface area contributed by atoms with Crippen LogP contribution in [0.1, 0.15) is 36.4 Å². The molecule has 0 bridgehead atoms. The number of nitrogens with zero attached hydrogens (tertiary/aromatic N) is 4. The average molecular weight is 562 g/mol. The lowest BCUT2D eigenvalue weighted by atomic mass is 9.85. The predicted molar refractivity (Wildman–Crippen MR) is 158 cm³/mol. The van der Waals surface area contributed by atoms with Gasteiger partial charge in [-0.1, -0.05) is 66.4 Å². The molecule has 5 aromatic rings. The van der Waals surface area contributed by atoms with Gasteiger partial charge < -0.3 is 14.5 Å². The highest BCUT2D eigenvalue weighted by molar-refractivity contribution is 7.98. The Morgan fingerprint density at radius 3 is 2.59 bits per heavy atom.